The Morgan fingerprint density at radius 1 is 1.40 bits per heavy atom. The van der Waals surface area contributed by atoms with Gasteiger partial charge in [-0.05, 0) is 39.0 Å². The molecule has 20 heavy (non-hydrogen) atoms. The first-order valence-corrected chi connectivity index (χ1v) is 7.74. The number of carbonyl (C=O) groups excluding carboxylic acids is 1. The van der Waals surface area contributed by atoms with E-state index < -0.39 is 0 Å². The lowest BCUT2D eigenvalue weighted by atomic mass is 10.1. The standard InChI is InChI=1S/C14H20N4OS/c1-9(7-15)8-16-13(19)6-5-12-10(2)17-14(20-4)18-11(12)3/h9H,5-6,8H2,1-4H3,(H,16,19). The van der Waals surface area contributed by atoms with Gasteiger partial charge in [-0.25, -0.2) is 9.97 Å². The van der Waals surface area contributed by atoms with Crippen molar-refractivity contribution in [1.29, 1.82) is 5.26 Å². The van der Waals surface area contributed by atoms with E-state index in [-0.39, 0.29) is 11.8 Å². The third-order valence-corrected chi connectivity index (χ3v) is 3.56. The highest BCUT2D eigenvalue weighted by Gasteiger charge is 2.11. The van der Waals surface area contributed by atoms with Crippen LogP contribution in [-0.2, 0) is 11.2 Å². The van der Waals surface area contributed by atoms with Gasteiger partial charge in [-0.3, -0.25) is 4.79 Å². The molecule has 1 amide bonds. The Morgan fingerprint density at radius 3 is 2.50 bits per heavy atom. The number of carbonyl (C=O) groups is 1. The van der Waals surface area contributed by atoms with Gasteiger partial charge in [0.25, 0.3) is 0 Å². The van der Waals surface area contributed by atoms with Crippen molar-refractivity contribution in [2.24, 2.45) is 5.92 Å². The zero-order valence-corrected chi connectivity index (χ0v) is 13.2. The van der Waals surface area contributed by atoms with Crippen molar-refractivity contribution in [1.82, 2.24) is 15.3 Å². The molecule has 1 aromatic heterocycles. The summed E-state index contributed by atoms with van der Waals surface area (Å²) in [4.78, 5) is 20.5. The van der Waals surface area contributed by atoms with Gasteiger partial charge in [0.15, 0.2) is 5.16 Å². The molecule has 1 heterocycles. The first-order valence-electron chi connectivity index (χ1n) is 6.52. The van der Waals surface area contributed by atoms with Crippen molar-refractivity contribution in [3.05, 3.63) is 17.0 Å². The van der Waals surface area contributed by atoms with Crippen LogP contribution in [0, 0.1) is 31.1 Å². The van der Waals surface area contributed by atoms with Crippen LogP contribution in [0.15, 0.2) is 5.16 Å². The lowest BCUT2D eigenvalue weighted by molar-refractivity contribution is -0.121. The summed E-state index contributed by atoms with van der Waals surface area (Å²) in [5.41, 5.74) is 2.89. The van der Waals surface area contributed by atoms with E-state index in [1.807, 2.05) is 20.1 Å². The molecule has 6 heteroatoms. The fourth-order valence-electron chi connectivity index (χ4n) is 1.80. The SMILES string of the molecule is CSc1nc(C)c(CCC(=O)NCC(C)C#N)c(C)n1. The molecule has 0 aliphatic heterocycles. The molecule has 0 aliphatic rings. The number of nitriles is 1. The van der Waals surface area contributed by atoms with Crippen LogP contribution in [0.5, 0.6) is 0 Å². The van der Waals surface area contributed by atoms with Gasteiger partial charge in [0, 0.05) is 24.4 Å². The number of amides is 1. The summed E-state index contributed by atoms with van der Waals surface area (Å²) in [6, 6.07) is 2.09. The normalized spacial score (nSPS) is 11.8. The smallest absolute Gasteiger partial charge is 0.220 e. The summed E-state index contributed by atoms with van der Waals surface area (Å²) in [5, 5.41) is 12.2. The topological polar surface area (TPSA) is 78.7 Å². The summed E-state index contributed by atoms with van der Waals surface area (Å²) < 4.78 is 0. The molecule has 0 bridgehead atoms. The Labute approximate surface area is 124 Å². The van der Waals surface area contributed by atoms with E-state index in [0.717, 1.165) is 22.1 Å². The van der Waals surface area contributed by atoms with Crippen molar-refractivity contribution in [2.75, 3.05) is 12.8 Å². The molecule has 1 rings (SSSR count). The van der Waals surface area contributed by atoms with E-state index in [2.05, 4.69) is 21.4 Å². The van der Waals surface area contributed by atoms with Crippen LogP contribution < -0.4 is 5.32 Å². The summed E-state index contributed by atoms with van der Waals surface area (Å²) in [6.45, 7) is 6.07. The number of nitrogens with zero attached hydrogens (tertiary/aromatic N) is 3. The molecule has 0 saturated carbocycles. The van der Waals surface area contributed by atoms with Crippen molar-refractivity contribution < 1.29 is 4.79 Å². The van der Waals surface area contributed by atoms with Gasteiger partial charge in [0.05, 0.1) is 12.0 Å². The largest absolute Gasteiger partial charge is 0.355 e. The van der Waals surface area contributed by atoms with Crippen LogP contribution in [0.1, 0.15) is 30.3 Å². The van der Waals surface area contributed by atoms with Gasteiger partial charge in [-0.2, -0.15) is 5.26 Å². The first-order chi connectivity index (χ1) is 9.47. The van der Waals surface area contributed by atoms with Crippen molar-refractivity contribution >= 4 is 17.7 Å². The molecule has 1 aromatic rings. The predicted molar refractivity (Wildman–Crippen MR) is 79.4 cm³/mol. The van der Waals surface area contributed by atoms with E-state index >= 15 is 0 Å². The number of aromatic nitrogens is 2. The second-order valence-corrected chi connectivity index (χ2v) is 5.47. The highest BCUT2D eigenvalue weighted by molar-refractivity contribution is 7.98. The third-order valence-electron chi connectivity index (χ3n) is 3.01. The molecule has 0 radical (unpaired) electrons. The Balaban J connectivity index is 2.58. The fraction of sp³-hybridized carbons (Fsp3) is 0.571. The number of thioether (sulfide) groups is 1. The van der Waals surface area contributed by atoms with Gasteiger partial charge in [-0.1, -0.05) is 11.8 Å². The average molecular weight is 292 g/mol. The molecule has 0 aromatic carbocycles. The first kappa shape index (κ1) is 16.4. The Hall–Kier alpha value is -1.61. The molecule has 1 atom stereocenters. The zero-order valence-electron chi connectivity index (χ0n) is 12.4. The molecular formula is C14H20N4OS. The van der Waals surface area contributed by atoms with Gasteiger partial charge in [-0.15, -0.1) is 0 Å². The Morgan fingerprint density at radius 2 is 2.00 bits per heavy atom. The lowest BCUT2D eigenvalue weighted by Gasteiger charge is -2.10. The summed E-state index contributed by atoms with van der Waals surface area (Å²) >= 11 is 1.51. The summed E-state index contributed by atoms with van der Waals surface area (Å²) in [7, 11) is 0. The maximum atomic E-state index is 11.7. The number of hydrogen-bond donors (Lipinski definition) is 1. The van der Waals surface area contributed by atoms with Gasteiger partial charge in [0.1, 0.15) is 0 Å². The minimum absolute atomic E-state index is 0.0418. The molecule has 1 unspecified atom stereocenters. The fourth-order valence-corrected chi connectivity index (χ4v) is 2.26. The minimum atomic E-state index is -0.161. The quantitative estimate of drug-likeness (QED) is 0.641. The van der Waals surface area contributed by atoms with Gasteiger partial charge in [0.2, 0.25) is 5.91 Å². The highest BCUT2D eigenvalue weighted by Crippen LogP contribution is 2.16. The molecule has 0 spiro atoms. The molecule has 0 aliphatic carbocycles. The number of rotatable bonds is 6. The second kappa shape index (κ2) is 7.85. The Kier molecular flexibility index (Phi) is 6.46. The monoisotopic (exact) mass is 292 g/mol. The maximum Gasteiger partial charge on any atom is 0.220 e. The zero-order chi connectivity index (χ0) is 15.1. The number of hydrogen-bond acceptors (Lipinski definition) is 5. The molecule has 0 saturated heterocycles. The Bertz CT molecular complexity index is 501. The van der Waals surface area contributed by atoms with Crippen LogP contribution >= 0.6 is 11.8 Å². The van der Waals surface area contributed by atoms with E-state index in [9.17, 15) is 4.79 Å². The van der Waals surface area contributed by atoms with Gasteiger partial charge < -0.3 is 5.32 Å². The van der Waals surface area contributed by atoms with E-state index in [1.54, 1.807) is 6.92 Å². The minimum Gasteiger partial charge on any atom is -0.355 e. The number of nitrogens with one attached hydrogen (secondary N) is 1. The van der Waals surface area contributed by atoms with E-state index in [4.69, 9.17) is 5.26 Å². The molecule has 1 N–H and O–H groups in total. The summed E-state index contributed by atoms with van der Waals surface area (Å²) in [5.74, 6) is -0.202. The molecule has 5 nitrogen and oxygen atoms in total. The van der Waals surface area contributed by atoms with Crippen LogP contribution in [0.3, 0.4) is 0 Å². The third kappa shape index (κ3) is 4.82. The number of aryl methyl sites for hydroxylation is 2. The van der Waals surface area contributed by atoms with Crippen LogP contribution in [0.2, 0.25) is 0 Å². The van der Waals surface area contributed by atoms with Crippen LogP contribution in [0.25, 0.3) is 0 Å². The molecule has 0 fully saturated rings. The molecular weight excluding hydrogens is 272 g/mol. The van der Waals surface area contributed by atoms with Gasteiger partial charge >= 0.3 is 0 Å². The van der Waals surface area contributed by atoms with E-state index in [0.29, 0.717) is 19.4 Å². The van der Waals surface area contributed by atoms with Crippen LogP contribution in [-0.4, -0.2) is 28.7 Å². The second-order valence-electron chi connectivity index (χ2n) is 4.69. The summed E-state index contributed by atoms with van der Waals surface area (Å²) in [6.07, 6.45) is 2.96. The van der Waals surface area contributed by atoms with Crippen molar-refractivity contribution in [3.63, 3.8) is 0 Å². The highest BCUT2D eigenvalue weighted by atomic mass is 32.2. The molecule has 108 valence electrons. The van der Waals surface area contributed by atoms with Crippen LogP contribution in [0.4, 0.5) is 0 Å². The average Bonchev–Trinajstić information content (AvgIpc) is 2.43. The van der Waals surface area contributed by atoms with Crippen molar-refractivity contribution in [3.8, 4) is 6.07 Å². The van der Waals surface area contributed by atoms with Crippen molar-refractivity contribution in [2.45, 2.75) is 38.8 Å². The maximum absolute atomic E-state index is 11.7. The lowest BCUT2D eigenvalue weighted by Crippen LogP contribution is -2.28. The predicted octanol–water partition coefficient (Wildman–Crippen LogP) is 2.02. The van der Waals surface area contributed by atoms with E-state index in [1.165, 1.54) is 11.8 Å².